The monoisotopic (exact) mass is 311 g/mol. The Hall–Kier alpha value is -0.590. The predicted molar refractivity (Wildman–Crippen MR) is 62.7 cm³/mol. The van der Waals surface area contributed by atoms with Gasteiger partial charge in [0.1, 0.15) is 0 Å². The lowest BCUT2D eigenvalue weighted by Crippen LogP contribution is -2.19. The van der Waals surface area contributed by atoms with Crippen LogP contribution in [0.15, 0.2) is 22.7 Å². The quantitative estimate of drug-likeness (QED) is 0.843. The van der Waals surface area contributed by atoms with Crippen LogP contribution < -0.4 is 5.32 Å². The van der Waals surface area contributed by atoms with Crippen molar-refractivity contribution in [2.24, 2.45) is 0 Å². The molecule has 2 nitrogen and oxygen atoms in total. The number of halogens is 4. The molecule has 17 heavy (non-hydrogen) atoms. The molecule has 1 N–H and O–H groups in total. The molecule has 0 saturated heterocycles. The first-order valence-electron chi connectivity index (χ1n) is 5.00. The van der Waals surface area contributed by atoms with Gasteiger partial charge in [0.25, 0.3) is 0 Å². The van der Waals surface area contributed by atoms with Crippen LogP contribution in [0.25, 0.3) is 0 Å². The molecule has 0 aliphatic heterocycles. The summed E-state index contributed by atoms with van der Waals surface area (Å²) in [5.41, 5.74) is -0.0572. The number of alkyl halides is 3. The van der Waals surface area contributed by atoms with Crippen LogP contribution in [0.4, 0.5) is 13.2 Å². The van der Waals surface area contributed by atoms with Crippen LogP contribution in [-0.4, -0.2) is 20.3 Å². The van der Waals surface area contributed by atoms with Crippen LogP contribution in [0.1, 0.15) is 11.1 Å². The van der Waals surface area contributed by atoms with Crippen LogP contribution in [0, 0.1) is 0 Å². The van der Waals surface area contributed by atoms with Gasteiger partial charge in [-0.25, -0.2) is 0 Å². The zero-order valence-electron chi connectivity index (χ0n) is 9.27. The predicted octanol–water partition coefficient (Wildman–Crippen LogP) is 3.20. The van der Waals surface area contributed by atoms with E-state index in [-0.39, 0.29) is 0 Å². The molecule has 0 spiro atoms. The van der Waals surface area contributed by atoms with Crippen molar-refractivity contribution in [3.05, 3.63) is 33.8 Å². The third-order valence-corrected chi connectivity index (χ3v) is 2.55. The van der Waals surface area contributed by atoms with E-state index >= 15 is 0 Å². The number of methoxy groups -OCH3 is 1. The summed E-state index contributed by atoms with van der Waals surface area (Å²) >= 11 is 3.08. The first kappa shape index (κ1) is 14.5. The molecule has 1 rings (SSSR count). The number of benzene rings is 1. The summed E-state index contributed by atoms with van der Waals surface area (Å²) < 4.78 is 42.8. The average Bonchev–Trinajstić information content (AvgIpc) is 2.22. The Labute approximate surface area is 106 Å². The van der Waals surface area contributed by atoms with Crippen molar-refractivity contribution in [1.82, 2.24) is 5.32 Å². The molecular formula is C11H13BrF3NO. The van der Waals surface area contributed by atoms with E-state index in [2.05, 4.69) is 21.2 Å². The van der Waals surface area contributed by atoms with E-state index in [9.17, 15) is 13.2 Å². The molecule has 0 aliphatic rings. The molecule has 0 fully saturated rings. The molecule has 1 aromatic rings. The molecule has 0 radical (unpaired) electrons. The summed E-state index contributed by atoms with van der Waals surface area (Å²) in [5, 5.41) is 3.00. The Balaban J connectivity index is 2.69. The van der Waals surface area contributed by atoms with Crippen molar-refractivity contribution in [3.8, 4) is 0 Å². The Kier molecular flexibility index (Phi) is 5.42. The van der Waals surface area contributed by atoms with Gasteiger partial charge in [-0.15, -0.1) is 0 Å². The molecule has 6 heteroatoms. The Bertz CT molecular complexity index is 368. The van der Waals surface area contributed by atoms with Crippen molar-refractivity contribution < 1.29 is 17.9 Å². The van der Waals surface area contributed by atoms with E-state index in [1.807, 2.05) is 0 Å². The average molecular weight is 312 g/mol. The minimum atomic E-state index is -4.31. The van der Waals surface area contributed by atoms with Gasteiger partial charge in [0.2, 0.25) is 0 Å². The number of hydrogen-bond donors (Lipinski definition) is 1. The van der Waals surface area contributed by atoms with Gasteiger partial charge in [-0.1, -0.05) is 15.9 Å². The number of hydrogen-bond acceptors (Lipinski definition) is 2. The highest BCUT2D eigenvalue weighted by Gasteiger charge is 2.30. The standard InChI is InChI=1S/C11H13BrF3NO/c1-17-3-2-16-7-8-4-9(11(13,14)15)6-10(12)5-8/h4-6,16H,2-3,7H2,1H3. The summed E-state index contributed by atoms with van der Waals surface area (Å²) in [5.74, 6) is 0. The highest BCUT2D eigenvalue weighted by molar-refractivity contribution is 9.10. The second-order valence-corrected chi connectivity index (χ2v) is 4.43. The van der Waals surface area contributed by atoms with Crippen molar-refractivity contribution in [1.29, 1.82) is 0 Å². The van der Waals surface area contributed by atoms with Gasteiger partial charge >= 0.3 is 6.18 Å². The fourth-order valence-corrected chi connectivity index (χ4v) is 1.86. The Morgan fingerprint density at radius 3 is 2.59 bits per heavy atom. The second kappa shape index (κ2) is 6.37. The zero-order valence-corrected chi connectivity index (χ0v) is 10.9. The third kappa shape index (κ3) is 5.06. The van der Waals surface area contributed by atoms with E-state index in [1.165, 1.54) is 0 Å². The van der Waals surface area contributed by atoms with Crippen LogP contribution in [0.5, 0.6) is 0 Å². The maximum absolute atomic E-state index is 12.5. The summed E-state index contributed by atoms with van der Waals surface area (Å²) in [6, 6.07) is 3.87. The van der Waals surface area contributed by atoms with Crippen molar-refractivity contribution in [3.63, 3.8) is 0 Å². The van der Waals surface area contributed by atoms with Crippen LogP contribution in [0.3, 0.4) is 0 Å². The minimum absolute atomic E-state index is 0.381. The fraction of sp³-hybridized carbons (Fsp3) is 0.455. The maximum Gasteiger partial charge on any atom is 0.416 e. The number of rotatable bonds is 5. The Morgan fingerprint density at radius 1 is 1.29 bits per heavy atom. The highest BCUT2D eigenvalue weighted by atomic mass is 79.9. The lowest BCUT2D eigenvalue weighted by atomic mass is 10.1. The van der Waals surface area contributed by atoms with Crippen molar-refractivity contribution >= 4 is 15.9 Å². The maximum atomic E-state index is 12.5. The van der Waals surface area contributed by atoms with Gasteiger partial charge in [0, 0.05) is 24.7 Å². The van der Waals surface area contributed by atoms with Crippen LogP contribution in [0.2, 0.25) is 0 Å². The van der Waals surface area contributed by atoms with Gasteiger partial charge < -0.3 is 10.1 Å². The smallest absolute Gasteiger partial charge is 0.383 e. The minimum Gasteiger partial charge on any atom is -0.383 e. The van der Waals surface area contributed by atoms with Crippen molar-refractivity contribution in [2.45, 2.75) is 12.7 Å². The van der Waals surface area contributed by atoms with Gasteiger partial charge in [-0.2, -0.15) is 13.2 Å². The van der Waals surface area contributed by atoms with Crippen LogP contribution in [-0.2, 0) is 17.5 Å². The number of nitrogens with one attached hydrogen (secondary N) is 1. The third-order valence-electron chi connectivity index (χ3n) is 2.10. The molecular weight excluding hydrogens is 299 g/mol. The molecule has 1 aromatic carbocycles. The largest absolute Gasteiger partial charge is 0.416 e. The zero-order chi connectivity index (χ0) is 12.9. The van der Waals surface area contributed by atoms with E-state index < -0.39 is 11.7 Å². The molecule has 0 aromatic heterocycles. The first-order chi connectivity index (χ1) is 7.93. The first-order valence-corrected chi connectivity index (χ1v) is 5.79. The van der Waals surface area contributed by atoms with Crippen LogP contribution >= 0.6 is 15.9 Å². The molecule has 0 aliphatic carbocycles. The second-order valence-electron chi connectivity index (χ2n) is 3.52. The molecule has 96 valence electrons. The van der Waals surface area contributed by atoms with Crippen molar-refractivity contribution in [2.75, 3.05) is 20.3 Å². The van der Waals surface area contributed by atoms with E-state index in [0.29, 0.717) is 29.7 Å². The van der Waals surface area contributed by atoms with E-state index in [0.717, 1.165) is 12.1 Å². The highest BCUT2D eigenvalue weighted by Crippen LogP contribution is 2.31. The van der Waals surface area contributed by atoms with E-state index in [1.54, 1.807) is 13.2 Å². The molecule has 0 heterocycles. The Morgan fingerprint density at radius 2 is 2.00 bits per heavy atom. The SMILES string of the molecule is COCCNCc1cc(Br)cc(C(F)(F)F)c1. The van der Waals surface area contributed by atoms with Gasteiger partial charge in [-0.3, -0.25) is 0 Å². The topological polar surface area (TPSA) is 21.3 Å². The van der Waals surface area contributed by atoms with Gasteiger partial charge in [0.15, 0.2) is 0 Å². The molecule has 0 unspecified atom stereocenters. The fourth-order valence-electron chi connectivity index (χ4n) is 1.32. The summed E-state index contributed by atoms with van der Waals surface area (Å²) in [6.07, 6.45) is -4.31. The lowest BCUT2D eigenvalue weighted by molar-refractivity contribution is -0.137. The molecule has 0 atom stereocenters. The van der Waals surface area contributed by atoms with E-state index in [4.69, 9.17) is 4.74 Å². The lowest BCUT2D eigenvalue weighted by Gasteiger charge is -2.10. The molecule has 0 bridgehead atoms. The van der Waals surface area contributed by atoms with Gasteiger partial charge in [0.05, 0.1) is 12.2 Å². The summed E-state index contributed by atoms with van der Waals surface area (Å²) in [7, 11) is 1.57. The number of ether oxygens (including phenoxy) is 1. The van der Waals surface area contributed by atoms with Gasteiger partial charge in [-0.05, 0) is 23.8 Å². The molecule has 0 amide bonds. The summed E-state index contributed by atoms with van der Waals surface area (Å²) in [4.78, 5) is 0. The molecule has 0 saturated carbocycles. The normalized spacial score (nSPS) is 11.8. The summed E-state index contributed by atoms with van der Waals surface area (Å²) in [6.45, 7) is 1.51.